The molecule has 0 aromatic heterocycles. The minimum atomic E-state index is -0.897. The lowest BCUT2D eigenvalue weighted by atomic mass is 10.1. The fourth-order valence-electron chi connectivity index (χ4n) is 2.05. The maximum absolute atomic E-state index is 12.9. The quantitative estimate of drug-likeness (QED) is 0.828. The van der Waals surface area contributed by atoms with Crippen molar-refractivity contribution in [3.05, 3.63) is 65.5 Å². The van der Waals surface area contributed by atoms with Crippen molar-refractivity contribution in [2.45, 2.75) is 12.5 Å². The molecule has 6 heteroatoms. The smallest absolute Gasteiger partial charge is 0.328 e. The molecule has 0 aliphatic carbocycles. The number of carbonyl (C=O) groups is 2. The van der Waals surface area contributed by atoms with Crippen molar-refractivity contribution >= 4 is 11.9 Å². The Hall–Kier alpha value is -2.89. The first kappa shape index (κ1) is 16.5. The summed E-state index contributed by atoms with van der Waals surface area (Å²) >= 11 is 0. The van der Waals surface area contributed by atoms with Crippen LogP contribution < -0.4 is 5.32 Å². The zero-order valence-electron chi connectivity index (χ0n) is 12.5. The number of carbonyl (C=O) groups excluding carboxylic acids is 2. The maximum Gasteiger partial charge on any atom is 0.328 e. The highest BCUT2D eigenvalue weighted by atomic mass is 19.1. The summed E-state index contributed by atoms with van der Waals surface area (Å²) in [6.45, 7) is 0. The van der Waals surface area contributed by atoms with E-state index in [9.17, 15) is 19.1 Å². The third kappa shape index (κ3) is 4.54. The van der Waals surface area contributed by atoms with E-state index >= 15 is 0 Å². The SMILES string of the molecule is COC(=O)[C@H](Cc1ccc(F)cc1)NC(=O)c1ccc(O)cc1. The van der Waals surface area contributed by atoms with Crippen molar-refractivity contribution < 1.29 is 23.8 Å². The molecule has 0 bridgehead atoms. The summed E-state index contributed by atoms with van der Waals surface area (Å²) in [6.07, 6.45) is 0.177. The second-order valence-corrected chi connectivity index (χ2v) is 4.93. The number of nitrogens with one attached hydrogen (secondary N) is 1. The van der Waals surface area contributed by atoms with Gasteiger partial charge in [-0.2, -0.15) is 0 Å². The minimum absolute atomic E-state index is 0.0392. The predicted octanol–water partition coefficient (Wildman–Crippen LogP) is 2.05. The molecule has 0 spiro atoms. The van der Waals surface area contributed by atoms with E-state index in [1.807, 2.05) is 0 Å². The maximum atomic E-state index is 12.9. The third-order valence-corrected chi connectivity index (χ3v) is 3.27. The van der Waals surface area contributed by atoms with Gasteiger partial charge >= 0.3 is 5.97 Å². The van der Waals surface area contributed by atoms with Crippen LogP contribution in [0.1, 0.15) is 15.9 Å². The number of rotatable bonds is 5. The molecule has 23 heavy (non-hydrogen) atoms. The van der Waals surface area contributed by atoms with E-state index in [-0.39, 0.29) is 18.0 Å². The average molecular weight is 317 g/mol. The molecular weight excluding hydrogens is 301 g/mol. The van der Waals surface area contributed by atoms with Gasteiger partial charge in [-0.15, -0.1) is 0 Å². The molecule has 0 saturated heterocycles. The number of ether oxygens (including phenoxy) is 1. The Morgan fingerprint density at radius 3 is 2.30 bits per heavy atom. The lowest BCUT2D eigenvalue weighted by molar-refractivity contribution is -0.142. The molecule has 0 radical (unpaired) electrons. The number of hydrogen-bond acceptors (Lipinski definition) is 4. The number of methoxy groups -OCH3 is 1. The Balaban J connectivity index is 2.12. The summed E-state index contributed by atoms with van der Waals surface area (Å²) < 4.78 is 17.6. The summed E-state index contributed by atoms with van der Waals surface area (Å²) in [7, 11) is 1.23. The van der Waals surface area contributed by atoms with E-state index in [0.717, 1.165) is 0 Å². The molecule has 0 saturated carbocycles. The first-order chi connectivity index (χ1) is 11.0. The van der Waals surface area contributed by atoms with Crippen LogP contribution >= 0.6 is 0 Å². The first-order valence-corrected chi connectivity index (χ1v) is 6.92. The number of phenolic OH excluding ortho intramolecular Hbond substituents is 1. The molecule has 2 N–H and O–H groups in total. The molecular formula is C17H16FNO4. The van der Waals surface area contributed by atoms with Gasteiger partial charge in [0.2, 0.25) is 0 Å². The molecule has 1 amide bonds. The van der Waals surface area contributed by atoms with Crippen LogP contribution in [-0.4, -0.2) is 30.1 Å². The van der Waals surface area contributed by atoms with E-state index in [1.54, 1.807) is 0 Å². The Morgan fingerprint density at radius 2 is 1.74 bits per heavy atom. The van der Waals surface area contributed by atoms with Gasteiger partial charge in [-0.25, -0.2) is 9.18 Å². The van der Waals surface area contributed by atoms with Crippen LogP contribution in [0, 0.1) is 5.82 Å². The van der Waals surface area contributed by atoms with E-state index in [4.69, 9.17) is 4.74 Å². The molecule has 2 aromatic carbocycles. The molecule has 2 rings (SSSR count). The van der Waals surface area contributed by atoms with Gasteiger partial charge in [-0.05, 0) is 42.0 Å². The van der Waals surface area contributed by atoms with Crippen molar-refractivity contribution in [3.8, 4) is 5.75 Å². The number of halogens is 1. The Kier molecular flexibility index (Phi) is 5.30. The van der Waals surface area contributed by atoms with Crippen LogP contribution in [-0.2, 0) is 16.0 Å². The molecule has 0 aliphatic heterocycles. The van der Waals surface area contributed by atoms with Crippen LogP contribution in [0.25, 0.3) is 0 Å². The number of benzene rings is 2. The zero-order valence-corrected chi connectivity index (χ0v) is 12.5. The van der Waals surface area contributed by atoms with Crippen molar-refractivity contribution in [1.29, 1.82) is 0 Å². The van der Waals surface area contributed by atoms with Crippen molar-refractivity contribution in [3.63, 3.8) is 0 Å². The van der Waals surface area contributed by atoms with Gasteiger partial charge in [0.25, 0.3) is 5.91 Å². The van der Waals surface area contributed by atoms with Gasteiger partial charge < -0.3 is 15.2 Å². The Morgan fingerprint density at radius 1 is 1.13 bits per heavy atom. The molecule has 0 unspecified atom stereocenters. The highest BCUT2D eigenvalue weighted by Crippen LogP contribution is 2.11. The standard InChI is InChI=1S/C17H16FNO4/c1-23-17(22)15(10-11-2-6-13(18)7-3-11)19-16(21)12-4-8-14(20)9-5-12/h2-9,15,20H,10H2,1H3,(H,19,21)/t15-/m0/s1. The fraction of sp³-hybridized carbons (Fsp3) is 0.176. The number of esters is 1. The van der Waals surface area contributed by atoms with E-state index in [0.29, 0.717) is 11.1 Å². The van der Waals surface area contributed by atoms with Crippen LogP contribution in [0.5, 0.6) is 5.75 Å². The first-order valence-electron chi connectivity index (χ1n) is 6.92. The fourth-order valence-corrected chi connectivity index (χ4v) is 2.05. The Labute approximate surface area is 132 Å². The van der Waals surface area contributed by atoms with Crippen LogP contribution in [0.2, 0.25) is 0 Å². The van der Waals surface area contributed by atoms with Gasteiger partial charge in [0.15, 0.2) is 0 Å². The molecule has 120 valence electrons. The van der Waals surface area contributed by atoms with Crippen LogP contribution in [0.15, 0.2) is 48.5 Å². The second-order valence-electron chi connectivity index (χ2n) is 4.93. The lowest BCUT2D eigenvalue weighted by Crippen LogP contribution is -2.43. The van der Waals surface area contributed by atoms with Crippen molar-refractivity contribution in [2.24, 2.45) is 0 Å². The summed E-state index contributed by atoms with van der Waals surface area (Å²) in [5, 5.41) is 11.8. The zero-order chi connectivity index (χ0) is 16.8. The molecule has 1 atom stereocenters. The van der Waals surface area contributed by atoms with Crippen LogP contribution in [0.3, 0.4) is 0 Å². The largest absolute Gasteiger partial charge is 0.508 e. The molecule has 0 heterocycles. The molecule has 0 aliphatic rings. The molecule has 0 fully saturated rings. The second kappa shape index (κ2) is 7.40. The van der Waals surface area contributed by atoms with Gasteiger partial charge in [0, 0.05) is 12.0 Å². The van der Waals surface area contributed by atoms with Gasteiger partial charge in [-0.3, -0.25) is 4.79 Å². The minimum Gasteiger partial charge on any atom is -0.508 e. The van der Waals surface area contributed by atoms with Gasteiger partial charge in [-0.1, -0.05) is 12.1 Å². The van der Waals surface area contributed by atoms with Crippen LogP contribution in [0.4, 0.5) is 4.39 Å². The summed E-state index contributed by atoms with van der Waals surface area (Å²) in [5.41, 5.74) is 0.989. The highest BCUT2D eigenvalue weighted by Gasteiger charge is 2.22. The van der Waals surface area contributed by atoms with Gasteiger partial charge in [0.1, 0.15) is 17.6 Å². The van der Waals surface area contributed by atoms with Crippen molar-refractivity contribution in [2.75, 3.05) is 7.11 Å². The summed E-state index contributed by atoms with van der Waals surface area (Å²) in [6, 6.07) is 10.4. The van der Waals surface area contributed by atoms with E-state index in [2.05, 4.69) is 5.32 Å². The Bertz CT molecular complexity index is 683. The highest BCUT2D eigenvalue weighted by molar-refractivity contribution is 5.96. The number of phenols is 1. The third-order valence-electron chi connectivity index (χ3n) is 3.27. The molecule has 5 nitrogen and oxygen atoms in total. The lowest BCUT2D eigenvalue weighted by Gasteiger charge is -2.16. The van der Waals surface area contributed by atoms with Gasteiger partial charge in [0.05, 0.1) is 7.11 Å². The van der Waals surface area contributed by atoms with E-state index < -0.39 is 17.9 Å². The average Bonchev–Trinajstić information content (AvgIpc) is 2.56. The van der Waals surface area contributed by atoms with Crippen molar-refractivity contribution in [1.82, 2.24) is 5.32 Å². The number of aromatic hydroxyl groups is 1. The summed E-state index contributed by atoms with van der Waals surface area (Å²) in [4.78, 5) is 24.0. The monoisotopic (exact) mass is 317 g/mol. The van der Waals surface area contributed by atoms with E-state index in [1.165, 1.54) is 55.6 Å². The molecule has 2 aromatic rings. The number of amides is 1. The summed E-state index contributed by atoms with van der Waals surface area (Å²) in [5.74, 6) is -1.40. The number of hydrogen-bond donors (Lipinski definition) is 2. The topological polar surface area (TPSA) is 75.6 Å². The predicted molar refractivity (Wildman–Crippen MR) is 81.5 cm³/mol. The normalized spacial score (nSPS) is 11.6.